The van der Waals surface area contributed by atoms with Crippen molar-refractivity contribution in [1.29, 1.82) is 0 Å². The second kappa shape index (κ2) is 6.80. The van der Waals surface area contributed by atoms with Gasteiger partial charge in [-0.2, -0.15) is 17.7 Å². The number of hydrogen-bond donors (Lipinski definition) is 1. The minimum atomic E-state index is -4.61. The second-order valence-corrected chi connectivity index (χ2v) is 6.66. The molecule has 0 aliphatic carbocycles. The Morgan fingerprint density at radius 2 is 1.70 bits per heavy atom. The summed E-state index contributed by atoms with van der Waals surface area (Å²) in [7, 11) is 0. The fourth-order valence-corrected chi connectivity index (χ4v) is 3.49. The highest BCUT2D eigenvalue weighted by Gasteiger charge is 2.38. The van der Waals surface area contributed by atoms with E-state index in [0.717, 1.165) is 22.9 Å². The minimum Gasteiger partial charge on any atom is -0.388 e. The van der Waals surface area contributed by atoms with Crippen molar-refractivity contribution in [2.45, 2.75) is 25.1 Å². The van der Waals surface area contributed by atoms with Crippen molar-refractivity contribution in [2.24, 2.45) is 5.92 Å². The number of aliphatic hydroxyl groups excluding tert-OH is 1. The molecule has 1 saturated heterocycles. The number of aromatic nitrogens is 4. The summed E-state index contributed by atoms with van der Waals surface area (Å²) in [6.45, 7) is 1.22. The molecule has 1 aliphatic heterocycles. The molecule has 3 heterocycles. The number of halogens is 3. The molecule has 0 spiro atoms. The fourth-order valence-electron chi connectivity index (χ4n) is 3.49. The van der Waals surface area contributed by atoms with Gasteiger partial charge in [-0.3, -0.25) is 0 Å². The largest absolute Gasteiger partial charge is 0.453 e. The van der Waals surface area contributed by atoms with Crippen LogP contribution in [0.2, 0.25) is 0 Å². The van der Waals surface area contributed by atoms with Crippen LogP contribution in [0, 0.1) is 5.92 Å². The monoisotopic (exact) mass is 377 g/mol. The number of benzene rings is 1. The fraction of sp³-hybridized carbons (Fsp3) is 0.389. The van der Waals surface area contributed by atoms with E-state index in [0.29, 0.717) is 18.9 Å². The summed E-state index contributed by atoms with van der Waals surface area (Å²) < 4.78 is 39.8. The summed E-state index contributed by atoms with van der Waals surface area (Å²) in [4.78, 5) is 1.92. The van der Waals surface area contributed by atoms with Gasteiger partial charge in [-0.15, -0.1) is 15.3 Å². The van der Waals surface area contributed by atoms with E-state index in [4.69, 9.17) is 0 Å². The average molecular weight is 377 g/mol. The van der Waals surface area contributed by atoms with E-state index in [1.807, 2.05) is 35.2 Å². The number of hydrogen-bond acceptors (Lipinski definition) is 5. The number of piperidine rings is 1. The van der Waals surface area contributed by atoms with Crippen LogP contribution in [0.3, 0.4) is 0 Å². The summed E-state index contributed by atoms with van der Waals surface area (Å²) in [5.41, 5.74) is 0.940. The van der Waals surface area contributed by atoms with Gasteiger partial charge in [0.05, 0.1) is 6.10 Å². The molecule has 27 heavy (non-hydrogen) atoms. The Bertz CT molecular complexity index is 920. The molecule has 1 unspecified atom stereocenters. The van der Waals surface area contributed by atoms with Gasteiger partial charge in [0.2, 0.25) is 0 Å². The molecule has 9 heteroatoms. The zero-order chi connectivity index (χ0) is 19.0. The summed E-state index contributed by atoms with van der Waals surface area (Å²) in [6, 6.07) is 12.6. The lowest BCUT2D eigenvalue weighted by Gasteiger charge is -2.35. The van der Waals surface area contributed by atoms with Crippen molar-refractivity contribution >= 4 is 11.5 Å². The summed E-state index contributed by atoms with van der Waals surface area (Å²) in [5, 5.41) is 21.4. The van der Waals surface area contributed by atoms with Gasteiger partial charge in [0, 0.05) is 13.1 Å². The highest BCUT2D eigenvalue weighted by atomic mass is 19.4. The number of anilines is 1. The first-order chi connectivity index (χ1) is 12.9. The van der Waals surface area contributed by atoms with E-state index in [-0.39, 0.29) is 11.6 Å². The molecule has 4 rings (SSSR count). The van der Waals surface area contributed by atoms with E-state index in [9.17, 15) is 18.3 Å². The van der Waals surface area contributed by atoms with Crippen LogP contribution in [0.25, 0.3) is 5.65 Å². The smallest absolute Gasteiger partial charge is 0.388 e. The van der Waals surface area contributed by atoms with Gasteiger partial charge >= 0.3 is 6.18 Å². The molecule has 0 amide bonds. The van der Waals surface area contributed by atoms with Crippen LogP contribution < -0.4 is 4.90 Å². The van der Waals surface area contributed by atoms with Crippen molar-refractivity contribution in [1.82, 2.24) is 19.8 Å². The van der Waals surface area contributed by atoms with Crippen LogP contribution in [0.5, 0.6) is 0 Å². The first-order valence-corrected chi connectivity index (χ1v) is 8.71. The average Bonchev–Trinajstić information content (AvgIpc) is 3.12. The molecule has 0 radical (unpaired) electrons. The van der Waals surface area contributed by atoms with Gasteiger partial charge < -0.3 is 10.0 Å². The van der Waals surface area contributed by atoms with E-state index in [2.05, 4.69) is 15.3 Å². The van der Waals surface area contributed by atoms with Gasteiger partial charge in [0.15, 0.2) is 5.65 Å². The Morgan fingerprint density at radius 3 is 2.37 bits per heavy atom. The van der Waals surface area contributed by atoms with Crippen LogP contribution >= 0.6 is 0 Å². The Hall–Kier alpha value is -2.68. The van der Waals surface area contributed by atoms with Gasteiger partial charge in [-0.1, -0.05) is 30.3 Å². The Labute approximate surface area is 153 Å². The summed E-state index contributed by atoms with van der Waals surface area (Å²) in [5.74, 6) is -0.581. The maximum atomic E-state index is 13.0. The van der Waals surface area contributed by atoms with Crippen LogP contribution in [-0.2, 0) is 6.18 Å². The van der Waals surface area contributed by atoms with Crippen molar-refractivity contribution in [3.8, 4) is 0 Å². The van der Waals surface area contributed by atoms with Crippen LogP contribution in [-0.4, -0.2) is 38.0 Å². The zero-order valence-corrected chi connectivity index (χ0v) is 14.3. The molecule has 1 fully saturated rings. The Morgan fingerprint density at radius 1 is 1.00 bits per heavy atom. The van der Waals surface area contributed by atoms with Gasteiger partial charge in [-0.05, 0) is 36.5 Å². The molecular weight excluding hydrogens is 359 g/mol. The zero-order valence-electron chi connectivity index (χ0n) is 14.3. The molecule has 0 bridgehead atoms. The lowest BCUT2D eigenvalue weighted by atomic mass is 9.87. The summed E-state index contributed by atoms with van der Waals surface area (Å²) in [6.07, 6.45) is -3.70. The van der Waals surface area contributed by atoms with E-state index in [1.54, 1.807) is 6.07 Å². The number of fused-ring (bicyclic) bond motifs is 1. The number of rotatable bonds is 3. The third kappa shape index (κ3) is 3.46. The molecule has 3 aromatic rings. The van der Waals surface area contributed by atoms with Crippen LogP contribution in [0.15, 0.2) is 42.5 Å². The highest BCUT2D eigenvalue weighted by molar-refractivity contribution is 5.46. The lowest BCUT2D eigenvalue weighted by molar-refractivity contribution is -0.146. The second-order valence-electron chi connectivity index (χ2n) is 6.66. The predicted octanol–water partition coefficient (Wildman–Crippen LogP) is 3.09. The molecule has 1 N–H and O–H groups in total. The number of alkyl halides is 3. The van der Waals surface area contributed by atoms with Gasteiger partial charge in [0.1, 0.15) is 5.82 Å². The van der Waals surface area contributed by atoms with Crippen molar-refractivity contribution in [3.63, 3.8) is 0 Å². The van der Waals surface area contributed by atoms with Gasteiger partial charge in [0.25, 0.3) is 5.82 Å². The molecule has 2 aromatic heterocycles. The van der Waals surface area contributed by atoms with Crippen molar-refractivity contribution < 1.29 is 18.3 Å². The first-order valence-electron chi connectivity index (χ1n) is 8.71. The molecule has 1 aliphatic rings. The molecular formula is C18H18F3N5O. The molecule has 0 saturated carbocycles. The Balaban J connectivity index is 1.50. The maximum absolute atomic E-state index is 13.0. The van der Waals surface area contributed by atoms with Crippen LogP contribution in [0.1, 0.15) is 30.3 Å². The molecule has 6 nitrogen and oxygen atoms in total. The standard InChI is InChI=1S/C18H18F3N5O/c19-18(20,21)17-23-22-14-6-7-15(24-26(14)17)25-10-8-13(9-11-25)16(27)12-4-2-1-3-5-12/h1-7,13,16,27H,8-11H2. The SMILES string of the molecule is OC(c1ccccc1)C1CCN(c2ccc3nnc(C(F)(F)F)n3n2)CC1. The van der Waals surface area contributed by atoms with Gasteiger partial charge in [-0.25, -0.2) is 0 Å². The normalized spacial score (nSPS) is 17.4. The first kappa shape index (κ1) is 17.7. The number of nitrogens with zero attached hydrogens (tertiary/aromatic N) is 5. The molecule has 1 aromatic carbocycles. The summed E-state index contributed by atoms with van der Waals surface area (Å²) >= 11 is 0. The van der Waals surface area contributed by atoms with E-state index >= 15 is 0 Å². The van der Waals surface area contributed by atoms with Crippen molar-refractivity contribution in [2.75, 3.05) is 18.0 Å². The topological polar surface area (TPSA) is 66.5 Å². The maximum Gasteiger partial charge on any atom is 0.453 e. The van der Waals surface area contributed by atoms with E-state index in [1.165, 1.54) is 6.07 Å². The lowest BCUT2D eigenvalue weighted by Crippen LogP contribution is -2.36. The third-order valence-electron chi connectivity index (χ3n) is 4.95. The minimum absolute atomic E-state index is 0.0560. The predicted molar refractivity (Wildman–Crippen MR) is 92.1 cm³/mol. The molecule has 1 atom stereocenters. The van der Waals surface area contributed by atoms with E-state index < -0.39 is 18.1 Å². The molecule has 142 valence electrons. The number of aliphatic hydroxyl groups is 1. The van der Waals surface area contributed by atoms with Crippen molar-refractivity contribution in [3.05, 3.63) is 53.9 Å². The Kier molecular flexibility index (Phi) is 4.47. The van der Waals surface area contributed by atoms with Crippen LogP contribution in [0.4, 0.5) is 19.0 Å². The highest BCUT2D eigenvalue weighted by Crippen LogP contribution is 2.32. The third-order valence-corrected chi connectivity index (χ3v) is 4.95. The quantitative estimate of drug-likeness (QED) is 0.760.